The third-order valence-corrected chi connectivity index (χ3v) is 6.22. The number of rotatable bonds is 6. The number of thioether (sulfide) groups is 1. The van der Waals surface area contributed by atoms with Gasteiger partial charge in [0.05, 0.1) is 24.3 Å². The lowest BCUT2D eigenvalue weighted by Crippen LogP contribution is -2.25. The van der Waals surface area contributed by atoms with Crippen molar-refractivity contribution < 1.29 is 9.53 Å². The molecule has 0 amide bonds. The Morgan fingerprint density at radius 1 is 1.40 bits per heavy atom. The van der Waals surface area contributed by atoms with Crippen LogP contribution in [0.1, 0.15) is 25.3 Å². The van der Waals surface area contributed by atoms with E-state index in [0.717, 1.165) is 34.7 Å². The lowest BCUT2D eigenvalue weighted by molar-refractivity contribution is -0.146. The molecule has 0 saturated heterocycles. The topological polar surface area (TPSA) is 75.9 Å². The van der Waals surface area contributed by atoms with Gasteiger partial charge in [-0.15, -0.1) is 11.8 Å². The van der Waals surface area contributed by atoms with Gasteiger partial charge in [0.25, 0.3) is 0 Å². The predicted octanol–water partition coefficient (Wildman–Crippen LogP) is 3.70. The Hall–Kier alpha value is -2.39. The zero-order valence-electron chi connectivity index (χ0n) is 14.2. The molecule has 0 aromatic carbocycles. The summed E-state index contributed by atoms with van der Waals surface area (Å²) in [6.45, 7) is 1.95. The van der Waals surface area contributed by atoms with Crippen LogP contribution < -0.4 is 0 Å². The lowest BCUT2D eigenvalue weighted by atomic mass is 9.93. The molecule has 1 atom stereocenters. The van der Waals surface area contributed by atoms with Crippen molar-refractivity contribution in [2.45, 2.75) is 24.7 Å². The molecule has 1 unspecified atom stereocenters. The Kier molecular flexibility index (Phi) is 5.05. The number of carbonyl (C=O) groups is 1. The normalized spacial score (nSPS) is 15.9. The molecule has 5 nitrogen and oxygen atoms in total. The van der Waals surface area contributed by atoms with E-state index in [1.807, 2.05) is 19.1 Å². The number of esters is 1. The molecule has 0 spiro atoms. The highest BCUT2D eigenvalue weighted by Crippen LogP contribution is 2.55. The molecule has 0 N–H and O–H groups in total. The molecule has 3 rings (SSSR count). The fourth-order valence-electron chi connectivity index (χ4n) is 2.83. The second-order valence-corrected chi connectivity index (χ2v) is 7.33. The summed E-state index contributed by atoms with van der Waals surface area (Å²) in [4.78, 5) is 21.5. The number of pyridine rings is 2. The molecule has 1 aliphatic carbocycles. The van der Waals surface area contributed by atoms with Gasteiger partial charge in [-0.3, -0.25) is 14.8 Å². The number of ether oxygens (including phenoxy) is 1. The van der Waals surface area contributed by atoms with Gasteiger partial charge in [-0.1, -0.05) is 6.92 Å². The van der Waals surface area contributed by atoms with E-state index in [4.69, 9.17) is 10.00 Å². The summed E-state index contributed by atoms with van der Waals surface area (Å²) in [6, 6.07) is 7.64. The van der Waals surface area contributed by atoms with E-state index < -0.39 is 0 Å². The summed E-state index contributed by atoms with van der Waals surface area (Å²) < 4.78 is 4.91. The first-order valence-electron chi connectivity index (χ1n) is 8.11. The molecule has 0 radical (unpaired) electrons. The zero-order chi connectivity index (χ0) is 17.9. The van der Waals surface area contributed by atoms with E-state index in [1.54, 1.807) is 36.4 Å². The molecule has 2 heterocycles. The van der Waals surface area contributed by atoms with Gasteiger partial charge in [0, 0.05) is 34.8 Å². The highest BCUT2D eigenvalue weighted by molar-refractivity contribution is 7.99. The van der Waals surface area contributed by atoms with Crippen LogP contribution in [0.25, 0.3) is 11.3 Å². The lowest BCUT2D eigenvalue weighted by Gasteiger charge is -2.21. The number of methoxy groups -OCH3 is 1. The molecule has 2 aromatic heterocycles. The van der Waals surface area contributed by atoms with Crippen LogP contribution in [-0.4, -0.2) is 28.8 Å². The molecular formula is C19H19N3O2S. The van der Waals surface area contributed by atoms with Gasteiger partial charge < -0.3 is 4.74 Å². The van der Waals surface area contributed by atoms with E-state index in [0.29, 0.717) is 5.56 Å². The van der Waals surface area contributed by atoms with E-state index >= 15 is 0 Å². The largest absolute Gasteiger partial charge is 0.469 e. The number of aromatic nitrogens is 2. The van der Waals surface area contributed by atoms with Crippen molar-refractivity contribution in [1.29, 1.82) is 5.26 Å². The van der Waals surface area contributed by atoms with E-state index in [1.165, 1.54) is 7.11 Å². The summed E-state index contributed by atoms with van der Waals surface area (Å²) in [5, 5.41) is 8.91. The maximum Gasteiger partial charge on any atom is 0.308 e. The average Bonchev–Trinajstić information content (AvgIpc) is 3.46. The highest BCUT2D eigenvalue weighted by atomic mass is 32.2. The van der Waals surface area contributed by atoms with Crippen LogP contribution in [0.2, 0.25) is 0 Å². The molecule has 0 aliphatic heterocycles. The summed E-state index contributed by atoms with van der Waals surface area (Å²) in [5.74, 6) is 0.626. The minimum absolute atomic E-state index is 0.0242. The minimum Gasteiger partial charge on any atom is -0.469 e. The summed E-state index contributed by atoms with van der Waals surface area (Å²) >= 11 is 1.72. The Morgan fingerprint density at radius 3 is 2.80 bits per heavy atom. The maximum absolute atomic E-state index is 11.9. The van der Waals surface area contributed by atoms with Crippen molar-refractivity contribution in [2.75, 3.05) is 12.9 Å². The van der Waals surface area contributed by atoms with Crippen LogP contribution in [0.15, 0.2) is 41.7 Å². The highest BCUT2D eigenvalue weighted by Gasteiger charge is 2.50. The number of hydrogen-bond acceptors (Lipinski definition) is 6. The summed E-state index contributed by atoms with van der Waals surface area (Å²) in [7, 11) is 1.44. The fourth-order valence-corrected chi connectivity index (χ4v) is 4.28. The monoisotopic (exact) mass is 353 g/mol. The first kappa shape index (κ1) is 17.4. The SMILES string of the molecule is COC(=O)C(C)C1(CSc2ccncc2-c2ccc(C#N)cn2)CC1. The van der Waals surface area contributed by atoms with Crippen LogP contribution in [-0.2, 0) is 9.53 Å². The Bertz CT molecular complexity index is 810. The second-order valence-electron chi connectivity index (χ2n) is 6.31. The molecule has 1 saturated carbocycles. The Morgan fingerprint density at radius 2 is 2.20 bits per heavy atom. The molecule has 128 valence electrons. The Balaban J connectivity index is 1.78. The van der Waals surface area contributed by atoms with Crippen molar-refractivity contribution in [1.82, 2.24) is 9.97 Å². The third-order valence-electron chi connectivity index (χ3n) is 4.83. The van der Waals surface area contributed by atoms with Crippen LogP contribution in [0.4, 0.5) is 0 Å². The predicted molar refractivity (Wildman–Crippen MR) is 95.8 cm³/mol. The summed E-state index contributed by atoms with van der Waals surface area (Å²) in [6.07, 6.45) is 7.22. The van der Waals surface area contributed by atoms with E-state index in [2.05, 4.69) is 16.0 Å². The van der Waals surface area contributed by atoms with Crippen molar-refractivity contribution in [3.8, 4) is 17.3 Å². The first-order valence-corrected chi connectivity index (χ1v) is 9.09. The van der Waals surface area contributed by atoms with Gasteiger partial charge in [0.2, 0.25) is 0 Å². The molecule has 1 fully saturated rings. The molecule has 6 heteroatoms. The van der Waals surface area contributed by atoms with Crippen molar-refractivity contribution in [3.63, 3.8) is 0 Å². The van der Waals surface area contributed by atoms with Gasteiger partial charge >= 0.3 is 5.97 Å². The zero-order valence-corrected chi connectivity index (χ0v) is 15.0. The van der Waals surface area contributed by atoms with Crippen molar-refractivity contribution in [3.05, 3.63) is 42.4 Å². The third kappa shape index (κ3) is 3.67. The molecule has 2 aromatic rings. The van der Waals surface area contributed by atoms with Gasteiger partial charge in [-0.05, 0) is 36.5 Å². The van der Waals surface area contributed by atoms with Gasteiger partial charge in [-0.2, -0.15) is 5.26 Å². The second kappa shape index (κ2) is 7.24. The molecular weight excluding hydrogens is 334 g/mol. The van der Waals surface area contributed by atoms with Crippen LogP contribution in [0.5, 0.6) is 0 Å². The molecule has 25 heavy (non-hydrogen) atoms. The van der Waals surface area contributed by atoms with Crippen molar-refractivity contribution >= 4 is 17.7 Å². The smallest absolute Gasteiger partial charge is 0.308 e. The number of nitriles is 1. The molecule has 1 aliphatic rings. The maximum atomic E-state index is 11.9. The fraction of sp³-hybridized carbons (Fsp3) is 0.368. The first-order chi connectivity index (χ1) is 12.1. The Labute approximate surface area is 151 Å². The quantitative estimate of drug-likeness (QED) is 0.582. The van der Waals surface area contributed by atoms with Crippen molar-refractivity contribution in [2.24, 2.45) is 11.3 Å². The van der Waals surface area contributed by atoms with Crippen LogP contribution >= 0.6 is 11.8 Å². The number of carbonyl (C=O) groups excluding carboxylic acids is 1. The standard InChI is InChI=1S/C19H19N3O2S/c1-13(18(23)24-2)19(6-7-19)12-25-17-5-8-21-11-15(17)16-4-3-14(9-20)10-22-16/h3-5,8,10-11,13H,6-7,12H2,1-2H3. The van der Waals surface area contributed by atoms with Gasteiger partial charge in [0.15, 0.2) is 0 Å². The van der Waals surface area contributed by atoms with E-state index in [-0.39, 0.29) is 17.3 Å². The number of nitrogens with zero attached hydrogens (tertiary/aromatic N) is 3. The minimum atomic E-state index is -0.137. The average molecular weight is 353 g/mol. The van der Waals surface area contributed by atoms with Crippen LogP contribution in [0.3, 0.4) is 0 Å². The van der Waals surface area contributed by atoms with Gasteiger partial charge in [-0.25, -0.2) is 0 Å². The number of hydrogen-bond donors (Lipinski definition) is 0. The van der Waals surface area contributed by atoms with Gasteiger partial charge in [0.1, 0.15) is 6.07 Å². The summed E-state index contributed by atoms with van der Waals surface area (Å²) in [5.41, 5.74) is 2.29. The van der Waals surface area contributed by atoms with Crippen LogP contribution in [0, 0.1) is 22.7 Å². The molecule has 0 bridgehead atoms. The van der Waals surface area contributed by atoms with E-state index in [9.17, 15) is 4.79 Å².